The quantitative estimate of drug-likeness (QED) is 0.834. The van der Waals surface area contributed by atoms with E-state index >= 15 is 0 Å². The van der Waals surface area contributed by atoms with Crippen LogP contribution in [0.4, 0.5) is 0 Å². The summed E-state index contributed by atoms with van der Waals surface area (Å²) in [5.41, 5.74) is 0.726. The van der Waals surface area contributed by atoms with Crippen LogP contribution in [-0.4, -0.2) is 33.6 Å². The minimum atomic E-state index is -0.165. The Morgan fingerprint density at radius 3 is 2.85 bits per heavy atom. The Morgan fingerprint density at radius 2 is 2.10 bits per heavy atom. The van der Waals surface area contributed by atoms with Crippen LogP contribution in [0.5, 0.6) is 11.5 Å². The second-order valence-corrected chi connectivity index (χ2v) is 4.63. The lowest BCUT2D eigenvalue weighted by atomic mass is 10.1. The number of phenolic OH excluding ortho intramolecular Hbond substituents is 2. The third kappa shape index (κ3) is 2.65. The molecule has 6 heteroatoms. The molecule has 0 spiro atoms. The fourth-order valence-corrected chi connectivity index (χ4v) is 2.03. The average Bonchev–Trinajstić information content (AvgIpc) is 3.09. The molecule has 2 N–H and O–H groups in total. The minimum absolute atomic E-state index is 0.150. The number of phenols is 2. The van der Waals surface area contributed by atoms with Crippen molar-refractivity contribution >= 4 is 12.2 Å². The molecular weight excluding hydrogens is 260 g/mol. The van der Waals surface area contributed by atoms with Crippen molar-refractivity contribution < 1.29 is 19.5 Å². The van der Waals surface area contributed by atoms with Crippen molar-refractivity contribution in [1.82, 2.24) is 10.1 Å². The van der Waals surface area contributed by atoms with E-state index in [9.17, 15) is 10.2 Å². The molecule has 2 aromatic rings. The number of ether oxygens (including phenoxy) is 1. The number of aromatic nitrogens is 2. The van der Waals surface area contributed by atoms with Crippen molar-refractivity contribution in [1.29, 1.82) is 0 Å². The van der Waals surface area contributed by atoms with Gasteiger partial charge < -0.3 is 19.5 Å². The highest BCUT2D eigenvalue weighted by atomic mass is 16.5. The van der Waals surface area contributed by atoms with Crippen LogP contribution in [0.25, 0.3) is 12.2 Å². The van der Waals surface area contributed by atoms with Crippen molar-refractivity contribution in [2.24, 2.45) is 0 Å². The zero-order valence-corrected chi connectivity index (χ0v) is 10.7. The molecule has 1 fully saturated rings. The van der Waals surface area contributed by atoms with Gasteiger partial charge >= 0.3 is 0 Å². The largest absolute Gasteiger partial charge is 0.504 e. The molecule has 0 saturated carbocycles. The van der Waals surface area contributed by atoms with Gasteiger partial charge in [0.25, 0.3) is 5.89 Å². The van der Waals surface area contributed by atoms with Gasteiger partial charge in [0.15, 0.2) is 17.3 Å². The number of hydrogen-bond acceptors (Lipinski definition) is 6. The second kappa shape index (κ2) is 5.34. The molecule has 1 atom stereocenters. The summed E-state index contributed by atoms with van der Waals surface area (Å²) in [6.07, 6.45) is 4.30. The maximum absolute atomic E-state index is 9.40. The summed E-state index contributed by atoms with van der Waals surface area (Å²) in [5, 5.41) is 22.6. The van der Waals surface area contributed by atoms with E-state index in [0.29, 0.717) is 18.3 Å². The maximum atomic E-state index is 9.40. The predicted octanol–water partition coefficient (Wildman–Crippen LogP) is 2.16. The molecule has 1 aromatic heterocycles. The number of aromatic hydroxyl groups is 2. The van der Waals surface area contributed by atoms with Gasteiger partial charge in [0.1, 0.15) is 0 Å². The Labute approximate surface area is 115 Å². The molecule has 1 saturated heterocycles. The summed E-state index contributed by atoms with van der Waals surface area (Å²) in [7, 11) is 0. The van der Waals surface area contributed by atoms with Crippen LogP contribution < -0.4 is 0 Å². The first-order chi connectivity index (χ1) is 9.72. The van der Waals surface area contributed by atoms with Crippen molar-refractivity contribution in [3.8, 4) is 11.5 Å². The van der Waals surface area contributed by atoms with E-state index in [1.165, 1.54) is 12.1 Å². The van der Waals surface area contributed by atoms with Crippen LogP contribution in [0.1, 0.15) is 29.6 Å². The molecule has 3 rings (SSSR count). The average molecular weight is 274 g/mol. The topological polar surface area (TPSA) is 88.6 Å². The molecule has 1 aliphatic rings. The number of nitrogens with zero attached hydrogens (tertiary/aromatic N) is 2. The van der Waals surface area contributed by atoms with Gasteiger partial charge in [-0.25, -0.2) is 0 Å². The van der Waals surface area contributed by atoms with E-state index in [2.05, 4.69) is 10.1 Å². The first-order valence-corrected chi connectivity index (χ1v) is 6.34. The Kier molecular flexibility index (Phi) is 3.39. The predicted molar refractivity (Wildman–Crippen MR) is 71.2 cm³/mol. The lowest BCUT2D eigenvalue weighted by Gasteiger charge is -1.98. The summed E-state index contributed by atoms with van der Waals surface area (Å²) >= 11 is 0. The summed E-state index contributed by atoms with van der Waals surface area (Å²) in [5.74, 6) is 0.957. The highest BCUT2D eigenvalue weighted by Crippen LogP contribution is 2.26. The summed E-state index contributed by atoms with van der Waals surface area (Å²) in [6.45, 7) is 1.37. The van der Waals surface area contributed by atoms with E-state index in [1.54, 1.807) is 18.2 Å². The van der Waals surface area contributed by atoms with Crippen LogP contribution in [0.2, 0.25) is 0 Å². The van der Waals surface area contributed by atoms with Gasteiger partial charge in [-0.15, -0.1) is 0 Å². The van der Waals surface area contributed by atoms with E-state index in [0.717, 1.165) is 18.6 Å². The molecule has 6 nitrogen and oxygen atoms in total. The van der Waals surface area contributed by atoms with Crippen LogP contribution in [0, 0.1) is 0 Å². The molecule has 20 heavy (non-hydrogen) atoms. The third-order valence-electron chi connectivity index (χ3n) is 3.17. The van der Waals surface area contributed by atoms with Gasteiger partial charge in [0.2, 0.25) is 0 Å². The molecule has 0 radical (unpaired) electrons. The lowest BCUT2D eigenvalue weighted by molar-refractivity contribution is 0.192. The van der Waals surface area contributed by atoms with E-state index in [4.69, 9.17) is 9.26 Å². The molecule has 0 aliphatic carbocycles. The highest BCUT2D eigenvalue weighted by molar-refractivity contribution is 5.67. The molecule has 0 bridgehead atoms. The minimum Gasteiger partial charge on any atom is -0.504 e. The summed E-state index contributed by atoms with van der Waals surface area (Å²) in [4.78, 5) is 4.29. The fraction of sp³-hybridized carbons (Fsp3) is 0.286. The summed E-state index contributed by atoms with van der Waals surface area (Å²) in [6, 6.07) is 4.55. The lowest BCUT2D eigenvalue weighted by Crippen LogP contribution is -1.99. The van der Waals surface area contributed by atoms with E-state index < -0.39 is 0 Å². The number of hydrogen-bond donors (Lipinski definition) is 2. The van der Waals surface area contributed by atoms with Crippen molar-refractivity contribution in [2.75, 3.05) is 13.2 Å². The van der Waals surface area contributed by atoms with Crippen LogP contribution in [-0.2, 0) is 4.74 Å². The Hall–Kier alpha value is -2.34. The molecular formula is C14H14N2O4. The third-order valence-corrected chi connectivity index (χ3v) is 3.17. The SMILES string of the molecule is Oc1ccc(/C=C/c2nc(C3CCOC3)no2)cc1O. The van der Waals surface area contributed by atoms with Gasteiger partial charge in [-0.1, -0.05) is 11.2 Å². The molecule has 2 heterocycles. The smallest absolute Gasteiger partial charge is 0.250 e. The Morgan fingerprint density at radius 1 is 1.20 bits per heavy atom. The van der Waals surface area contributed by atoms with Crippen molar-refractivity contribution in [3.05, 3.63) is 35.5 Å². The van der Waals surface area contributed by atoms with Crippen LogP contribution in [0.3, 0.4) is 0 Å². The first-order valence-electron chi connectivity index (χ1n) is 6.34. The van der Waals surface area contributed by atoms with Gasteiger partial charge in [0, 0.05) is 18.6 Å². The molecule has 1 aromatic carbocycles. The molecule has 1 unspecified atom stereocenters. The zero-order valence-electron chi connectivity index (χ0n) is 10.7. The normalized spacial score (nSPS) is 18.9. The second-order valence-electron chi connectivity index (χ2n) is 4.63. The van der Waals surface area contributed by atoms with E-state index in [-0.39, 0.29) is 17.4 Å². The standard InChI is InChI=1S/C14H14N2O4/c17-11-3-1-9(7-12(11)18)2-4-13-15-14(16-20-13)10-5-6-19-8-10/h1-4,7,10,17-18H,5-6,8H2/b4-2+. The highest BCUT2D eigenvalue weighted by Gasteiger charge is 2.22. The monoisotopic (exact) mass is 274 g/mol. The van der Waals surface area contributed by atoms with Gasteiger partial charge in [-0.05, 0) is 30.2 Å². The Balaban J connectivity index is 1.73. The van der Waals surface area contributed by atoms with E-state index in [1.807, 2.05) is 0 Å². The fourth-order valence-electron chi connectivity index (χ4n) is 2.03. The maximum Gasteiger partial charge on any atom is 0.250 e. The van der Waals surface area contributed by atoms with Crippen LogP contribution >= 0.6 is 0 Å². The van der Waals surface area contributed by atoms with Crippen LogP contribution in [0.15, 0.2) is 22.7 Å². The summed E-state index contributed by atoms with van der Waals surface area (Å²) < 4.78 is 10.4. The zero-order chi connectivity index (χ0) is 13.9. The van der Waals surface area contributed by atoms with Crippen molar-refractivity contribution in [2.45, 2.75) is 12.3 Å². The number of benzene rings is 1. The molecule has 0 amide bonds. The Bertz CT molecular complexity index is 630. The van der Waals surface area contributed by atoms with Gasteiger partial charge in [-0.3, -0.25) is 0 Å². The molecule has 1 aliphatic heterocycles. The van der Waals surface area contributed by atoms with Gasteiger partial charge in [-0.2, -0.15) is 4.98 Å². The first kappa shape index (κ1) is 12.7. The van der Waals surface area contributed by atoms with Gasteiger partial charge in [0.05, 0.1) is 6.61 Å². The molecule has 104 valence electrons. The van der Waals surface area contributed by atoms with Crippen molar-refractivity contribution in [3.63, 3.8) is 0 Å². The number of rotatable bonds is 3.